The highest BCUT2D eigenvalue weighted by Gasteiger charge is 2.14. The van der Waals surface area contributed by atoms with Crippen molar-refractivity contribution in [2.24, 2.45) is 0 Å². The molecule has 3 rings (SSSR count). The minimum atomic E-state index is -0.152. The maximum atomic E-state index is 12.5. The smallest absolute Gasteiger partial charge is 0.255 e. The van der Waals surface area contributed by atoms with Crippen LogP contribution in [0.15, 0.2) is 30.3 Å². The van der Waals surface area contributed by atoms with Crippen molar-refractivity contribution >= 4 is 38.3 Å². The molecule has 0 aliphatic heterocycles. The number of hydrogen-bond acceptors (Lipinski definition) is 5. The summed E-state index contributed by atoms with van der Waals surface area (Å²) < 4.78 is 6.40. The molecule has 24 heavy (non-hydrogen) atoms. The van der Waals surface area contributed by atoms with E-state index in [9.17, 15) is 4.79 Å². The van der Waals surface area contributed by atoms with Crippen molar-refractivity contribution in [2.75, 3.05) is 17.7 Å². The van der Waals surface area contributed by atoms with E-state index >= 15 is 0 Å². The quantitative estimate of drug-likeness (QED) is 0.747. The Hall–Kier alpha value is -2.60. The number of aromatic nitrogens is 1. The van der Waals surface area contributed by atoms with Crippen molar-refractivity contribution in [3.63, 3.8) is 0 Å². The average molecular weight is 341 g/mol. The van der Waals surface area contributed by atoms with Gasteiger partial charge in [0.15, 0.2) is 5.13 Å². The summed E-state index contributed by atoms with van der Waals surface area (Å²) in [7, 11) is 0. The number of nitrogens with zero attached hydrogens (tertiary/aromatic N) is 1. The monoisotopic (exact) mass is 341 g/mol. The molecule has 3 N–H and O–H groups in total. The third-order valence-electron chi connectivity index (χ3n) is 3.80. The maximum absolute atomic E-state index is 12.5. The molecule has 0 saturated carbocycles. The first-order valence-electron chi connectivity index (χ1n) is 7.70. The van der Waals surface area contributed by atoms with Crippen LogP contribution in [0.5, 0.6) is 5.75 Å². The summed E-state index contributed by atoms with van der Waals surface area (Å²) in [6.07, 6.45) is 0. The molecule has 0 radical (unpaired) electrons. The minimum absolute atomic E-state index is 0.152. The fraction of sp³-hybridized carbons (Fsp3) is 0.222. The van der Waals surface area contributed by atoms with Crippen molar-refractivity contribution < 1.29 is 9.53 Å². The number of thiazole rings is 1. The van der Waals surface area contributed by atoms with Crippen LogP contribution < -0.4 is 15.8 Å². The fourth-order valence-corrected chi connectivity index (χ4v) is 3.47. The number of benzene rings is 2. The Labute approximate surface area is 144 Å². The highest BCUT2D eigenvalue weighted by atomic mass is 32.1. The number of nitrogens with two attached hydrogens (primary N) is 1. The summed E-state index contributed by atoms with van der Waals surface area (Å²) in [6.45, 7) is 6.45. The van der Waals surface area contributed by atoms with Crippen LogP contribution in [-0.2, 0) is 0 Å². The van der Waals surface area contributed by atoms with Crippen molar-refractivity contribution in [1.29, 1.82) is 0 Å². The first-order valence-corrected chi connectivity index (χ1v) is 8.51. The van der Waals surface area contributed by atoms with Crippen LogP contribution in [0, 0.1) is 13.8 Å². The average Bonchev–Trinajstić information content (AvgIpc) is 2.93. The number of nitrogens with one attached hydrogen (secondary N) is 1. The predicted molar refractivity (Wildman–Crippen MR) is 99.1 cm³/mol. The molecule has 0 unspecified atom stereocenters. The number of aryl methyl sites for hydroxylation is 2. The van der Waals surface area contributed by atoms with Gasteiger partial charge in [-0.1, -0.05) is 11.3 Å². The van der Waals surface area contributed by atoms with E-state index < -0.39 is 0 Å². The number of ether oxygens (including phenoxy) is 1. The summed E-state index contributed by atoms with van der Waals surface area (Å²) in [5, 5.41) is 3.54. The van der Waals surface area contributed by atoms with Crippen molar-refractivity contribution in [3.8, 4) is 5.75 Å². The van der Waals surface area contributed by atoms with Crippen molar-refractivity contribution in [2.45, 2.75) is 20.8 Å². The second kappa shape index (κ2) is 6.49. The molecular weight excluding hydrogens is 322 g/mol. The van der Waals surface area contributed by atoms with E-state index in [1.54, 1.807) is 24.3 Å². The second-order valence-corrected chi connectivity index (χ2v) is 6.54. The van der Waals surface area contributed by atoms with Crippen molar-refractivity contribution in [1.82, 2.24) is 4.98 Å². The number of carbonyl (C=O) groups excluding carboxylic acids is 1. The van der Waals surface area contributed by atoms with E-state index in [0.717, 1.165) is 32.8 Å². The predicted octanol–water partition coefficient (Wildman–Crippen LogP) is 4.15. The molecular formula is C18H19N3O2S. The number of fused-ring (bicyclic) bond motifs is 1. The Morgan fingerprint density at radius 2 is 2.00 bits per heavy atom. The summed E-state index contributed by atoms with van der Waals surface area (Å²) in [4.78, 5) is 16.9. The Morgan fingerprint density at radius 3 is 2.67 bits per heavy atom. The van der Waals surface area contributed by atoms with Gasteiger partial charge in [-0.05, 0) is 62.2 Å². The van der Waals surface area contributed by atoms with Gasteiger partial charge in [-0.15, -0.1) is 0 Å². The van der Waals surface area contributed by atoms with Crippen LogP contribution in [-0.4, -0.2) is 17.5 Å². The van der Waals surface area contributed by atoms with Gasteiger partial charge in [0.2, 0.25) is 0 Å². The third kappa shape index (κ3) is 3.05. The van der Waals surface area contributed by atoms with Gasteiger partial charge in [-0.25, -0.2) is 4.98 Å². The number of carbonyl (C=O) groups is 1. The largest absolute Gasteiger partial charge is 0.494 e. The molecule has 0 aliphatic carbocycles. The molecule has 0 aliphatic rings. The van der Waals surface area contributed by atoms with Gasteiger partial charge < -0.3 is 15.8 Å². The minimum Gasteiger partial charge on any atom is -0.494 e. The fourth-order valence-electron chi connectivity index (χ4n) is 2.65. The topological polar surface area (TPSA) is 77.2 Å². The molecule has 0 spiro atoms. The van der Waals surface area contributed by atoms with E-state index in [4.69, 9.17) is 10.5 Å². The van der Waals surface area contributed by atoms with Crippen molar-refractivity contribution in [3.05, 3.63) is 47.0 Å². The number of nitrogen functional groups attached to an aromatic ring is 1. The maximum Gasteiger partial charge on any atom is 0.255 e. The number of anilines is 2. The Balaban J connectivity index is 1.89. The Bertz CT molecular complexity index is 901. The number of hydrogen-bond donors (Lipinski definition) is 2. The zero-order valence-corrected chi connectivity index (χ0v) is 14.7. The Kier molecular flexibility index (Phi) is 4.40. The lowest BCUT2D eigenvalue weighted by molar-refractivity contribution is 0.102. The number of rotatable bonds is 4. The van der Waals surface area contributed by atoms with E-state index in [1.165, 1.54) is 11.3 Å². The van der Waals surface area contributed by atoms with Gasteiger partial charge in [0.25, 0.3) is 5.91 Å². The molecule has 6 heteroatoms. The van der Waals surface area contributed by atoms with E-state index in [1.807, 2.05) is 26.8 Å². The molecule has 0 saturated heterocycles. The van der Waals surface area contributed by atoms with Crippen LogP contribution in [0.4, 0.5) is 10.8 Å². The highest BCUT2D eigenvalue weighted by molar-refractivity contribution is 7.22. The van der Waals surface area contributed by atoms with Gasteiger partial charge in [0, 0.05) is 11.3 Å². The second-order valence-electron chi connectivity index (χ2n) is 5.51. The SMILES string of the molecule is CCOc1ccc(C(=O)Nc2c(C)cc3nc(N)sc3c2C)cc1. The lowest BCUT2D eigenvalue weighted by Gasteiger charge is -2.12. The zero-order valence-electron chi connectivity index (χ0n) is 13.8. The number of amides is 1. The van der Waals surface area contributed by atoms with Crippen LogP contribution in [0.2, 0.25) is 0 Å². The summed E-state index contributed by atoms with van der Waals surface area (Å²) in [5.41, 5.74) is 10.0. The Morgan fingerprint density at radius 1 is 1.29 bits per heavy atom. The van der Waals surface area contributed by atoms with Gasteiger partial charge in [-0.3, -0.25) is 4.79 Å². The molecule has 124 valence electrons. The molecule has 0 fully saturated rings. The molecule has 1 aromatic heterocycles. The first-order chi connectivity index (χ1) is 11.5. The van der Waals surface area contributed by atoms with E-state index in [2.05, 4.69) is 10.3 Å². The highest BCUT2D eigenvalue weighted by Crippen LogP contribution is 2.34. The van der Waals surface area contributed by atoms with Crippen LogP contribution >= 0.6 is 11.3 Å². The molecule has 1 heterocycles. The molecule has 5 nitrogen and oxygen atoms in total. The summed E-state index contributed by atoms with van der Waals surface area (Å²) in [5.74, 6) is 0.601. The van der Waals surface area contributed by atoms with E-state index in [-0.39, 0.29) is 5.91 Å². The van der Waals surface area contributed by atoms with E-state index in [0.29, 0.717) is 17.3 Å². The standard InChI is InChI=1S/C18H19N3O2S/c1-4-23-13-7-5-12(6-8-13)17(22)21-15-10(2)9-14-16(11(15)3)24-18(19)20-14/h5-9H,4H2,1-3H3,(H2,19,20)(H,21,22). The van der Waals surface area contributed by atoms with Gasteiger partial charge in [0.05, 0.1) is 16.8 Å². The normalized spacial score (nSPS) is 10.8. The molecule has 1 amide bonds. The van der Waals surface area contributed by atoms with Crippen LogP contribution in [0.3, 0.4) is 0 Å². The van der Waals surface area contributed by atoms with Gasteiger partial charge in [0.1, 0.15) is 5.75 Å². The lowest BCUT2D eigenvalue weighted by atomic mass is 10.1. The summed E-state index contributed by atoms with van der Waals surface area (Å²) >= 11 is 1.43. The molecule has 3 aromatic rings. The molecule has 2 aromatic carbocycles. The van der Waals surface area contributed by atoms with Gasteiger partial charge in [-0.2, -0.15) is 0 Å². The lowest BCUT2D eigenvalue weighted by Crippen LogP contribution is -2.13. The summed E-state index contributed by atoms with van der Waals surface area (Å²) in [6, 6.07) is 9.06. The molecule has 0 atom stereocenters. The first kappa shape index (κ1) is 16.3. The molecule has 0 bridgehead atoms. The zero-order chi connectivity index (χ0) is 17.3. The third-order valence-corrected chi connectivity index (χ3v) is 4.82. The van der Waals surface area contributed by atoms with Gasteiger partial charge >= 0.3 is 0 Å². The van der Waals surface area contributed by atoms with Crippen LogP contribution in [0.1, 0.15) is 28.4 Å². The van der Waals surface area contributed by atoms with Crippen LogP contribution in [0.25, 0.3) is 10.2 Å².